The largest absolute Gasteiger partial charge is 0.448 e. The van der Waals surface area contributed by atoms with E-state index < -0.39 is 40.8 Å². The molecule has 0 bridgehead atoms. The number of nitrogens with one attached hydrogen (secondary N) is 1. The van der Waals surface area contributed by atoms with E-state index in [2.05, 4.69) is 24.8 Å². The Bertz CT molecular complexity index is 1420. The quantitative estimate of drug-likeness (QED) is 0.222. The highest BCUT2D eigenvalue weighted by Crippen LogP contribution is 2.38. The number of imidazole rings is 1. The molecule has 172 valence electrons. The molecule has 0 amide bonds. The van der Waals surface area contributed by atoms with Crippen molar-refractivity contribution in [3.63, 3.8) is 0 Å². The summed E-state index contributed by atoms with van der Waals surface area (Å²) >= 11 is 0. The summed E-state index contributed by atoms with van der Waals surface area (Å²) in [7, 11) is 0. The first-order valence-corrected chi connectivity index (χ1v) is 9.83. The zero-order chi connectivity index (χ0) is 24.7. The standard InChI is InChI=1S/C23H15F5N6/c1-22(2,15-8-4-6-13(30-15)12-10-11-17(24)32-20(12)25)16-9-5-7-14(31-16)18-19(23(26,27)28)34-21(29-3)33-18/h4-11H,1-2H3,(H,33,34). The van der Waals surface area contributed by atoms with Crippen LogP contribution in [0.4, 0.5) is 27.9 Å². The minimum absolute atomic E-state index is 0.00113. The summed E-state index contributed by atoms with van der Waals surface area (Å²) in [5.74, 6) is -2.48. The zero-order valence-electron chi connectivity index (χ0n) is 17.7. The lowest BCUT2D eigenvalue weighted by molar-refractivity contribution is -0.140. The van der Waals surface area contributed by atoms with Crippen LogP contribution in [0.5, 0.6) is 0 Å². The first-order chi connectivity index (χ1) is 16.0. The number of pyridine rings is 3. The lowest BCUT2D eigenvalue weighted by Crippen LogP contribution is -2.22. The molecule has 0 aliphatic carbocycles. The van der Waals surface area contributed by atoms with Crippen molar-refractivity contribution in [2.75, 3.05) is 0 Å². The molecule has 0 spiro atoms. The van der Waals surface area contributed by atoms with E-state index in [9.17, 15) is 22.0 Å². The molecule has 1 N–H and O–H groups in total. The highest BCUT2D eigenvalue weighted by molar-refractivity contribution is 5.62. The Morgan fingerprint density at radius 1 is 0.824 bits per heavy atom. The number of alkyl halides is 3. The molecule has 0 aromatic carbocycles. The van der Waals surface area contributed by atoms with Gasteiger partial charge in [0.05, 0.1) is 22.6 Å². The molecule has 0 fully saturated rings. The lowest BCUT2D eigenvalue weighted by Gasteiger charge is -2.24. The van der Waals surface area contributed by atoms with Gasteiger partial charge in [-0.15, -0.1) is 11.6 Å². The molecule has 0 aliphatic rings. The predicted molar refractivity (Wildman–Crippen MR) is 113 cm³/mol. The third-order valence-corrected chi connectivity index (χ3v) is 5.19. The summed E-state index contributed by atoms with van der Waals surface area (Å²) < 4.78 is 67.8. The van der Waals surface area contributed by atoms with E-state index in [1.165, 1.54) is 24.3 Å². The second-order valence-corrected chi connectivity index (χ2v) is 7.81. The van der Waals surface area contributed by atoms with E-state index in [0.717, 1.165) is 6.07 Å². The summed E-state index contributed by atoms with van der Waals surface area (Å²) in [6.45, 7) is 10.5. The summed E-state index contributed by atoms with van der Waals surface area (Å²) in [5, 5.41) is 0. The van der Waals surface area contributed by atoms with Crippen LogP contribution >= 0.6 is 0 Å². The van der Waals surface area contributed by atoms with Gasteiger partial charge >= 0.3 is 12.1 Å². The van der Waals surface area contributed by atoms with Gasteiger partial charge in [0.15, 0.2) is 5.69 Å². The number of nitrogens with zero attached hydrogens (tertiary/aromatic N) is 5. The fraction of sp³-hybridized carbons (Fsp3) is 0.174. The van der Waals surface area contributed by atoms with Gasteiger partial charge in [-0.3, -0.25) is 4.98 Å². The number of H-pyrrole nitrogens is 1. The number of hydrogen-bond acceptors (Lipinski definition) is 4. The fourth-order valence-corrected chi connectivity index (χ4v) is 3.39. The summed E-state index contributed by atoms with van der Waals surface area (Å²) in [4.78, 5) is 20.7. The molecule has 4 aromatic rings. The Kier molecular flexibility index (Phi) is 5.61. The molecular formula is C23H15F5N6. The van der Waals surface area contributed by atoms with Gasteiger partial charge in [0.2, 0.25) is 17.6 Å². The van der Waals surface area contributed by atoms with Gasteiger partial charge in [-0.25, -0.2) is 4.98 Å². The summed E-state index contributed by atoms with van der Waals surface area (Å²) in [6.07, 6.45) is -4.76. The van der Waals surface area contributed by atoms with Crippen molar-refractivity contribution in [3.05, 3.63) is 88.9 Å². The molecule has 0 saturated carbocycles. The smallest absolute Gasteiger partial charge is 0.397 e. The van der Waals surface area contributed by atoms with Gasteiger partial charge in [-0.05, 0) is 50.2 Å². The first kappa shape index (κ1) is 23.0. The van der Waals surface area contributed by atoms with Crippen LogP contribution in [-0.2, 0) is 11.6 Å². The minimum atomic E-state index is -4.76. The van der Waals surface area contributed by atoms with Crippen molar-refractivity contribution in [2.24, 2.45) is 0 Å². The molecule has 0 atom stereocenters. The lowest BCUT2D eigenvalue weighted by atomic mass is 9.84. The molecule has 0 radical (unpaired) electrons. The molecule has 34 heavy (non-hydrogen) atoms. The monoisotopic (exact) mass is 470 g/mol. The van der Waals surface area contributed by atoms with Crippen LogP contribution in [0.1, 0.15) is 30.9 Å². The summed E-state index contributed by atoms with van der Waals surface area (Å²) in [5.41, 5.74) is -1.63. The van der Waals surface area contributed by atoms with E-state index in [1.54, 1.807) is 32.0 Å². The SMILES string of the molecule is [C-]#[N+]c1nc(-c2cccc(C(C)(C)c3cccc(-c4ccc(F)nc4F)n3)n2)c(C(F)(F)F)[nH]1. The molecule has 0 unspecified atom stereocenters. The van der Waals surface area contributed by atoms with Crippen LogP contribution in [0, 0.1) is 18.5 Å². The highest BCUT2D eigenvalue weighted by Gasteiger charge is 2.41. The van der Waals surface area contributed by atoms with E-state index >= 15 is 0 Å². The number of hydrogen-bond donors (Lipinski definition) is 1. The third-order valence-electron chi connectivity index (χ3n) is 5.19. The number of rotatable bonds is 4. The second kappa shape index (κ2) is 8.30. The molecule has 0 aliphatic heterocycles. The van der Waals surface area contributed by atoms with Gasteiger partial charge in [-0.1, -0.05) is 12.1 Å². The number of aromatic amines is 1. The van der Waals surface area contributed by atoms with E-state index in [1.807, 2.05) is 4.98 Å². The Balaban J connectivity index is 1.78. The molecule has 6 nitrogen and oxygen atoms in total. The predicted octanol–water partition coefficient (Wildman–Crippen LogP) is 6.10. The van der Waals surface area contributed by atoms with Crippen molar-refractivity contribution in [3.8, 4) is 22.6 Å². The van der Waals surface area contributed by atoms with Gasteiger partial charge in [-0.2, -0.15) is 26.9 Å². The van der Waals surface area contributed by atoms with Gasteiger partial charge in [0, 0.05) is 5.41 Å². The van der Waals surface area contributed by atoms with Crippen LogP contribution in [-0.4, -0.2) is 24.9 Å². The molecule has 4 heterocycles. The minimum Gasteiger partial charge on any atom is -0.397 e. The maximum Gasteiger partial charge on any atom is 0.448 e. The number of aromatic nitrogens is 5. The third kappa shape index (κ3) is 4.22. The zero-order valence-corrected chi connectivity index (χ0v) is 17.7. The van der Waals surface area contributed by atoms with E-state index in [4.69, 9.17) is 6.57 Å². The Morgan fingerprint density at radius 3 is 2.03 bits per heavy atom. The van der Waals surface area contributed by atoms with Crippen LogP contribution in [0.2, 0.25) is 0 Å². The van der Waals surface area contributed by atoms with Crippen molar-refractivity contribution in [1.82, 2.24) is 24.9 Å². The fourth-order valence-electron chi connectivity index (χ4n) is 3.39. The Morgan fingerprint density at radius 2 is 1.44 bits per heavy atom. The summed E-state index contributed by atoms with van der Waals surface area (Å²) in [6, 6.07) is 11.6. The average Bonchev–Trinajstić information content (AvgIpc) is 3.25. The van der Waals surface area contributed by atoms with Crippen LogP contribution < -0.4 is 0 Å². The molecular weight excluding hydrogens is 455 g/mol. The molecule has 4 rings (SSSR count). The maximum absolute atomic E-state index is 14.2. The number of halogens is 5. The van der Waals surface area contributed by atoms with E-state index in [0.29, 0.717) is 11.4 Å². The maximum atomic E-state index is 14.2. The Hall–Kier alpha value is -4.20. The van der Waals surface area contributed by atoms with Crippen molar-refractivity contribution < 1.29 is 22.0 Å². The topological polar surface area (TPSA) is 71.7 Å². The average molecular weight is 470 g/mol. The van der Waals surface area contributed by atoms with Gasteiger partial charge in [0.1, 0.15) is 5.69 Å². The normalized spacial score (nSPS) is 11.9. The van der Waals surface area contributed by atoms with Gasteiger partial charge < -0.3 is 9.83 Å². The molecule has 0 saturated heterocycles. The Labute approximate surface area is 190 Å². The first-order valence-electron chi connectivity index (χ1n) is 9.83. The van der Waals surface area contributed by atoms with Crippen LogP contribution in [0.15, 0.2) is 48.5 Å². The van der Waals surface area contributed by atoms with E-state index in [-0.39, 0.29) is 17.0 Å². The van der Waals surface area contributed by atoms with Crippen LogP contribution in [0.3, 0.4) is 0 Å². The highest BCUT2D eigenvalue weighted by atomic mass is 19.4. The van der Waals surface area contributed by atoms with Crippen molar-refractivity contribution >= 4 is 5.95 Å². The van der Waals surface area contributed by atoms with Crippen molar-refractivity contribution in [2.45, 2.75) is 25.4 Å². The van der Waals surface area contributed by atoms with Crippen LogP contribution in [0.25, 0.3) is 27.5 Å². The molecule has 11 heteroatoms. The van der Waals surface area contributed by atoms with Gasteiger partial charge in [0.25, 0.3) is 0 Å². The second-order valence-electron chi connectivity index (χ2n) is 7.81. The van der Waals surface area contributed by atoms with Crippen molar-refractivity contribution in [1.29, 1.82) is 0 Å². The molecule has 4 aromatic heterocycles.